The van der Waals surface area contributed by atoms with Crippen LogP contribution in [0.25, 0.3) is 0 Å². The zero-order chi connectivity index (χ0) is 17.8. The van der Waals surface area contributed by atoms with Gasteiger partial charge in [0, 0.05) is 6.42 Å². The van der Waals surface area contributed by atoms with Gasteiger partial charge >= 0.3 is 5.97 Å². The molecule has 2 saturated carbocycles. The summed E-state index contributed by atoms with van der Waals surface area (Å²) in [5.74, 6) is 5.86. The Morgan fingerprint density at radius 2 is 2.04 bits per heavy atom. The van der Waals surface area contributed by atoms with Gasteiger partial charge in [0.15, 0.2) is 0 Å². The molecule has 3 N–H and O–H groups in total. The quantitative estimate of drug-likeness (QED) is 0.582. The second-order valence-electron chi connectivity index (χ2n) is 6.96. The third kappa shape index (κ3) is 4.12. The molecular formula is C21H24O4. The number of aliphatic hydroxyl groups is 2. The first-order chi connectivity index (χ1) is 12.1. The molecule has 0 saturated heterocycles. The van der Waals surface area contributed by atoms with Gasteiger partial charge in [-0.05, 0) is 43.1 Å². The molecule has 4 nitrogen and oxygen atoms in total. The largest absolute Gasteiger partial charge is 0.481 e. The number of hydrogen-bond acceptors (Lipinski definition) is 3. The van der Waals surface area contributed by atoms with Crippen LogP contribution in [0.5, 0.6) is 0 Å². The van der Waals surface area contributed by atoms with Gasteiger partial charge in [0.2, 0.25) is 0 Å². The van der Waals surface area contributed by atoms with Gasteiger partial charge in [-0.25, -0.2) is 0 Å². The van der Waals surface area contributed by atoms with Gasteiger partial charge < -0.3 is 15.3 Å². The van der Waals surface area contributed by atoms with Crippen molar-refractivity contribution in [3.8, 4) is 11.8 Å². The molecule has 0 aromatic heterocycles. The van der Waals surface area contributed by atoms with E-state index >= 15 is 0 Å². The van der Waals surface area contributed by atoms with Crippen LogP contribution in [0, 0.1) is 29.6 Å². The van der Waals surface area contributed by atoms with E-state index in [0.29, 0.717) is 24.7 Å². The molecule has 2 aliphatic rings. The summed E-state index contributed by atoms with van der Waals surface area (Å²) in [6, 6.07) is 9.31. The van der Waals surface area contributed by atoms with Crippen molar-refractivity contribution in [2.24, 2.45) is 17.8 Å². The van der Waals surface area contributed by atoms with E-state index in [-0.39, 0.29) is 12.3 Å². The summed E-state index contributed by atoms with van der Waals surface area (Å²) in [4.78, 5) is 10.6. The molecule has 25 heavy (non-hydrogen) atoms. The fraction of sp³-hybridized carbons (Fsp3) is 0.476. The lowest BCUT2D eigenvalue weighted by molar-refractivity contribution is -0.136. The van der Waals surface area contributed by atoms with Crippen molar-refractivity contribution in [2.75, 3.05) is 0 Å². The zero-order valence-electron chi connectivity index (χ0n) is 14.1. The number of benzene rings is 1. The molecule has 0 radical (unpaired) electrons. The molecule has 0 amide bonds. The average molecular weight is 340 g/mol. The first kappa shape index (κ1) is 17.7. The number of allylic oxidation sites excluding steroid dienone is 2. The number of carboxylic acid groups (broad SMARTS) is 1. The summed E-state index contributed by atoms with van der Waals surface area (Å²) >= 11 is 0. The molecular weight excluding hydrogens is 316 g/mol. The third-order valence-corrected chi connectivity index (χ3v) is 5.38. The van der Waals surface area contributed by atoms with Gasteiger partial charge in [-0.15, -0.1) is 0 Å². The van der Waals surface area contributed by atoms with E-state index in [1.807, 2.05) is 30.3 Å². The van der Waals surface area contributed by atoms with E-state index in [4.69, 9.17) is 5.11 Å². The molecule has 4 heteroatoms. The first-order valence-corrected chi connectivity index (χ1v) is 8.89. The summed E-state index contributed by atoms with van der Waals surface area (Å²) in [5, 5.41) is 29.3. The maximum absolute atomic E-state index is 10.6. The molecule has 2 aliphatic carbocycles. The van der Waals surface area contributed by atoms with Gasteiger partial charge in [-0.2, -0.15) is 0 Å². The lowest BCUT2D eigenvalue weighted by atomic mass is 9.57. The molecule has 0 aliphatic heterocycles. The van der Waals surface area contributed by atoms with Gasteiger partial charge in [0.25, 0.3) is 0 Å². The van der Waals surface area contributed by atoms with Crippen LogP contribution in [0.4, 0.5) is 0 Å². The number of carbonyl (C=O) groups is 1. The van der Waals surface area contributed by atoms with Crippen molar-refractivity contribution in [2.45, 2.75) is 44.3 Å². The molecule has 1 aromatic carbocycles. The molecule has 1 unspecified atom stereocenters. The second kappa shape index (κ2) is 7.86. The average Bonchev–Trinajstić information content (AvgIpc) is 2.59. The van der Waals surface area contributed by atoms with E-state index in [2.05, 4.69) is 17.9 Å². The minimum Gasteiger partial charge on any atom is -0.481 e. The molecule has 0 heterocycles. The molecule has 3 rings (SSSR count). The summed E-state index contributed by atoms with van der Waals surface area (Å²) in [6.45, 7) is 0. The van der Waals surface area contributed by atoms with Crippen LogP contribution in [-0.4, -0.2) is 27.4 Å². The minimum absolute atomic E-state index is 0.117. The molecule has 2 fully saturated rings. The molecule has 0 bridgehead atoms. The summed E-state index contributed by atoms with van der Waals surface area (Å²) in [6.07, 6.45) is 4.02. The maximum atomic E-state index is 10.6. The predicted octanol–water partition coefficient (Wildman–Crippen LogP) is 2.92. The van der Waals surface area contributed by atoms with Crippen molar-refractivity contribution in [1.82, 2.24) is 0 Å². The van der Waals surface area contributed by atoms with Crippen LogP contribution < -0.4 is 0 Å². The summed E-state index contributed by atoms with van der Waals surface area (Å²) < 4.78 is 0. The van der Waals surface area contributed by atoms with Crippen LogP contribution in [0.1, 0.15) is 43.8 Å². The Kier molecular flexibility index (Phi) is 5.57. The third-order valence-electron chi connectivity index (χ3n) is 5.38. The van der Waals surface area contributed by atoms with Crippen molar-refractivity contribution >= 4 is 5.97 Å². The van der Waals surface area contributed by atoms with Crippen LogP contribution >= 0.6 is 0 Å². The summed E-state index contributed by atoms with van der Waals surface area (Å²) in [7, 11) is 0. The Hall–Kier alpha value is -2.09. The monoisotopic (exact) mass is 340 g/mol. The van der Waals surface area contributed by atoms with Crippen molar-refractivity contribution in [1.29, 1.82) is 0 Å². The van der Waals surface area contributed by atoms with E-state index in [9.17, 15) is 15.0 Å². The molecule has 5 atom stereocenters. The number of hydrogen-bond donors (Lipinski definition) is 3. The van der Waals surface area contributed by atoms with Gasteiger partial charge in [0.1, 0.15) is 6.10 Å². The number of aliphatic hydroxyl groups excluding tert-OH is 2. The second-order valence-corrected chi connectivity index (χ2v) is 6.96. The van der Waals surface area contributed by atoms with Crippen LogP contribution in [-0.2, 0) is 4.79 Å². The Morgan fingerprint density at radius 3 is 2.76 bits per heavy atom. The highest BCUT2D eigenvalue weighted by Crippen LogP contribution is 2.51. The number of fused-ring (bicyclic) bond motifs is 1. The highest BCUT2D eigenvalue weighted by atomic mass is 16.4. The van der Waals surface area contributed by atoms with Gasteiger partial charge in [-0.1, -0.05) is 53.8 Å². The van der Waals surface area contributed by atoms with Crippen LogP contribution in [0.15, 0.2) is 42.0 Å². The molecule has 1 aromatic rings. The van der Waals surface area contributed by atoms with Crippen LogP contribution in [0.2, 0.25) is 0 Å². The van der Waals surface area contributed by atoms with Gasteiger partial charge in [-0.3, -0.25) is 4.79 Å². The van der Waals surface area contributed by atoms with Crippen molar-refractivity contribution in [3.05, 3.63) is 47.5 Å². The topological polar surface area (TPSA) is 77.8 Å². The highest BCUT2D eigenvalue weighted by molar-refractivity contribution is 5.66. The van der Waals surface area contributed by atoms with E-state index in [1.54, 1.807) is 0 Å². The lowest BCUT2D eigenvalue weighted by Crippen LogP contribution is -2.44. The predicted molar refractivity (Wildman–Crippen MR) is 94.5 cm³/mol. The fourth-order valence-electron chi connectivity index (χ4n) is 3.99. The van der Waals surface area contributed by atoms with E-state index in [0.717, 1.165) is 18.4 Å². The standard InChI is InChI=1S/C21H24O4/c22-19(14-5-2-1-3-6-14)11-10-17-18-13-15(7-4-8-21(24)25)16(18)9-12-20(17)23/h1-3,5-7,16-20,22-23H,4,8-9,12-13H2,(H,24,25)/b15-7-/t16-,17-,18+,19?,20-/m1/s1. The number of carboxylic acids is 1. The van der Waals surface area contributed by atoms with E-state index < -0.39 is 18.2 Å². The van der Waals surface area contributed by atoms with Crippen molar-refractivity contribution in [3.63, 3.8) is 0 Å². The van der Waals surface area contributed by atoms with Crippen molar-refractivity contribution < 1.29 is 20.1 Å². The fourth-order valence-corrected chi connectivity index (χ4v) is 3.99. The van der Waals surface area contributed by atoms with E-state index in [1.165, 1.54) is 5.57 Å². The summed E-state index contributed by atoms with van der Waals surface area (Å²) in [5.41, 5.74) is 2.08. The smallest absolute Gasteiger partial charge is 0.303 e. The molecule has 132 valence electrons. The normalized spacial score (nSPS) is 30.6. The highest BCUT2D eigenvalue weighted by Gasteiger charge is 2.46. The Morgan fingerprint density at radius 1 is 1.28 bits per heavy atom. The Balaban J connectivity index is 1.65. The van der Waals surface area contributed by atoms with Crippen LogP contribution in [0.3, 0.4) is 0 Å². The molecule has 0 spiro atoms. The Labute approximate surface area is 148 Å². The first-order valence-electron chi connectivity index (χ1n) is 8.89. The number of rotatable bonds is 4. The zero-order valence-corrected chi connectivity index (χ0v) is 14.1. The maximum Gasteiger partial charge on any atom is 0.303 e. The SMILES string of the molecule is O=C(O)CC/C=C1/C[C@@H]2[C@@H](C#CC(O)c3ccccc3)[C@H](O)CC[C@H]12. The minimum atomic E-state index is -0.834. The number of aliphatic carboxylic acids is 1. The Bertz CT molecular complexity index is 698. The van der Waals surface area contributed by atoms with Gasteiger partial charge in [0.05, 0.1) is 12.0 Å². The lowest BCUT2D eigenvalue weighted by Gasteiger charge is -2.48.